The molecule has 0 saturated heterocycles. The Bertz CT molecular complexity index is 955. The number of aromatic nitrogens is 4. The Hall–Kier alpha value is -2.54. The summed E-state index contributed by atoms with van der Waals surface area (Å²) in [7, 11) is 0. The molecule has 0 bridgehead atoms. The van der Waals surface area contributed by atoms with Gasteiger partial charge in [0, 0.05) is 47.7 Å². The van der Waals surface area contributed by atoms with E-state index >= 15 is 0 Å². The molecule has 2 heterocycles. The second kappa shape index (κ2) is 7.83. The third-order valence-electron chi connectivity index (χ3n) is 5.45. The van der Waals surface area contributed by atoms with Crippen molar-refractivity contribution in [3.63, 3.8) is 0 Å². The molecule has 148 valence electrons. The van der Waals surface area contributed by atoms with Gasteiger partial charge in [-0.1, -0.05) is 6.92 Å². The summed E-state index contributed by atoms with van der Waals surface area (Å²) in [4.78, 5) is 0. The van der Waals surface area contributed by atoms with Crippen molar-refractivity contribution in [1.29, 1.82) is 0 Å². The second-order valence-corrected chi connectivity index (χ2v) is 7.39. The van der Waals surface area contributed by atoms with Crippen molar-refractivity contribution in [3.05, 3.63) is 64.7 Å². The minimum atomic E-state index is -0.593. The molecule has 0 radical (unpaired) electrons. The van der Waals surface area contributed by atoms with Gasteiger partial charge in [-0.05, 0) is 44.7 Å². The number of benzene rings is 1. The van der Waals surface area contributed by atoms with Crippen LogP contribution >= 0.6 is 0 Å². The van der Waals surface area contributed by atoms with Gasteiger partial charge in [0.2, 0.25) is 0 Å². The molecule has 1 aliphatic carbocycles. The van der Waals surface area contributed by atoms with Crippen LogP contribution in [-0.4, -0.2) is 19.6 Å². The molecule has 0 spiro atoms. The molecule has 28 heavy (non-hydrogen) atoms. The SMILES string of the molecule is CCCn1ncc(CN[C@@H]2CCCc3c2cnn3-c2cc(F)cc(F)c2)c1C. The molecule has 7 heteroatoms. The van der Waals surface area contributed by atoms with Crippen LogP contribution in [0.2, 0.25) is 0 Å². The molecule has 1 aromatic carbocycles. The fourth-order valence-corrected chi connectivity index (χ4v) is 3.98. The van der Waals surface area contributed by atoms with E-state index in [0.717, 1.165) is 56.1 Å². The summed E-state index contributed by atoms with van der Waals surface area (Å²) in [5, 5.41) is 12.5. The van der Waals surface area contributed by atoms with E-state index in [-0.39, 0.29) is 6.04 Å². The molecule has 3 aromatic rings. The van der Waals surface area contributed by atoms with E-state index in [1.54, 1.807) is 4.68 Å². The van der Waals surface area contributed by atoms with E-state index in [0.29, 0.717) is 5.69 Å². The number of halogens is 2. The molecule has 5 nitrogen and oxygen atoms in total. The summed E-state index contributed by atoms with van der Waals surface area (Å²) in [6, 6.07) is 3.69. The quantitative estimate of drug-likeness (QED) is 0.691. The number of hydrogen-bond donors (Lipinski definition) is 1. The number of nitrogens with one attached hydrogen (secondary N) is 1. The van der Waals surface area contributed by atoms with Gasteiger partial charge in [-0.25, -0.2) is 13.5 Å². The molecular weight excluding hydrogens is 360 g/mol. The third-order valence-corrected chi connectivity index (χ3v) is 5.45. The van der Waals surface area contributed by atoms with Gasteiger partial charge in [0.25, 0.3) is 0 Å². The number of aryl methyl sites for hydroxylation is 1. The molecule has 1 aliphatic rings. The Balaban J connectivity index is 1.54. The van der Waals surface area contributed by atoms with Gasteiger partial charge in [-0.3, -0.25) is 4.68 Å². The highest BCUT2D eigenvalue weighted by atomic mass is 19.1. The summed E-state index contributed by atoms with van der Waals surface area (Å²) in [5.41, 5.74) is 4.94. The summed E-state index contributed by atoms with van der Waals surface area (Å²) >= 11 is 0. The zero-order chi connectivity index (χ0) is 19.7. The number of rotatable bonds is 6. The van der Waals surface area contributed by atoms with E-state index in [2.05, 4.69) is 29.4 Å². The number of nitrogens with zero attached hydrogens (tertiary/aromatic N) is 4. The maximum atomic E-state index is 13.6. The van der Waals surface area contributed by atoms with Crippen molar-refractivity contribution >= 4 is 0 Å². The number of hydrogen-bond acceptors (Lipinski definition) is 3. The first-order valence-corrected chi connectivity index (χ1v) is 9.84. The predicted octanol–water partition coefficient (Wildman–Crippen LogP) is 4.23. The molecule has 4 rings (SSSR count). The lowest BCUT2D eigenvalue weighted by molar-refractivity contribution is 0.453. The van der Waals surface area contributed by atoms with Crippen LogP contribution in [0.4, 0.5) is 8.78 Å². The normalized spacial score (nSPS) is 16.4. The Morgan fingerprint density at radius 2 is 1.93 bits per heavy atom. The average molecular weight is 385 g/mol. The first-order valence-electron chi connectivity index (χ1n) is 9.84. The standard InChI is InChI=1S/C21H25F2N5/c1-3-7-27-14(2)15(12-25-27)11-24-20-5-4-6-21-19(20)13-26-28(21)18-9-16(22)8-17(23)10-18/h8-10,12-13,20,24H,3-7,11H2,1-2H3/t20-/m1/s1. The van der Waals surface area contributed by atoms with Crippen LogP contribution in [0.5, 0.6) is 0 Å². The van der Waals surface area contributed by atoms with Crippen LogP contribution < -0.4 is 5.32 Å². The van der Waals surface area contributed by atoms with E-state index in [1.807, 2.05) is 17.1 Å². The van der Waals surface area contributed by atoms with E-state index in [4.69, 9.17) is 0 Å². The van der Waals surface area contributed by atoms with Crippen molar-refractivity contribution in [2.45, 2.75) is 58.7 Å². The first kappa shape index (κ1) is 18.8. The molecule has 0 fully saturated rings. The highest BCUT2D eigenvalue weighted by Gasteiger charge is 2.25. The lowest BCUT2D eigenvalue weighted by atomic mass is 9.92. The van der Waals surface area contributed by atoms with Gasteiger partial charge in [0.05, 0.1) is 18.1 Å². The van der Waals surface area contributed by atoms with Crippen LogP contribution in [0, 0.1) is 18.6 Å². The van der Waals surface area contributed by atoms with E-state index in [1.165, 1.54) is 23.4 Å². The monoisotopic (exact) mass is 385 g/mol. The fraction of sp³-hybridized carbons (Fsp3) is 0.429. The Labute approximate surface area is 163 Å². The fourth-order valence-electron chi connectivity index (χ4n) is 3.98. The van der Waals surface area contributed by atoms with Crippen molar-refractivity contribution in [3.8, 4) is 5.69 Å². The topological polar surface area (TPSA) is 47.7 Å². The maximum Gasteiger partial charge on any atom is 0.128 e. The first-order chi connectivity index (χ1) is 13.6. The van der Waals surface area contributed by atoms with Crippen LogP contribution in [0.15, 0.2) is 30.6 Å². The lowest BCUT2D eigenvalue weighted by Gasteiger charge is -2.24. The average Bonchev–Trinajstić information content (AvgIpc) is 3.24. The van der Waals surface area contributed by atoms with E-state index in [9.17, 15) is 8.78 Å². The Kier molecular flexibility index (Phi) is 5.26. The van der Waals surface area contributed by atoms with Gasteiger partial charge in [-0.15, -0.1) is 0 Å². The van der Waals surface area contributed by atoms with Crippen molar-refractivity contribution in [2.75, 3.05) is 0 Å². The van der Waals surface area contributed by atoms with Crippen LogP contribution in [-0.2, 0) is 19.5 Å². The minimum Gasteiger partial charge on any atom is -0.306 e. The summed E-state index contributed by atoms with van der Waals surface area (Å²) in [6.45, 7) is 5.91. The molecular formula is C21H25F2N5. The Morgan fingerprint density at radius 1 is 1.14 bits per heavy atom. The van der Waals surface area contributed by atoms with Crippen molar-refractivity contribution in [1.82, 2.24) is 24.9 Å². The molecule has 2 aromatic heterocycles. The molecule has 1 atom stereocenters. The zero-order valence-corrected chi connectivity index (χ0v) is 16.3. The smallest absolute Gasteiger partial charge is 0.128 e. The van der Waals surface area contributed by atoms with Gasteiger partial charge in [-0.2, -0.15) is 10.2 Å². The largest absolute Gasteiger partial charge is 0.306 e. The van der Waals surface area contributed by atoms with Gasteiger partial charge >= 0.3 is 0 Å². The second-order valence-electron chi connectivity index (χ2n) is 7.39. The highest BCUT2D eigenvalue weighted by molar-refractivity contribution is 5.38. The molecule has 0 aliphatic heterocycles. The summed E-state index contributed by atoms with van der Waals surface area (Å²) in [6.07, 6.45) is 7.67. The van der Waals surface area contributed by atoms with Crippen molar-refractivity contribution < 1.29 is 8.78 Å². The molecule has 0 saturated carbocycles. The zero-order valence-electron chi connectivity index (χ0n) is 16.3. The van der Waals surface area contributed by atoms with Gasteiger partial charge in [0.1, 0.15) is 11.6 Å². The highest BCUT2D eigenvalue weighted by Crippen LogP contribution is 2.31. The maximum absolute atomic E-state index is 13.6. The van der Waals surface area contributed by atoms with Crippen molar-refractivity contribution in [2.24, 2.45) is 0 Å². The summed E-state index contributed by atoms with van der Waals surface area (Å²) < 4.78 is 31.0. The number of fused-ring (bicyclic) bond motifs is 1. The Morgan fingerprint density at radius 3 is 2.68 bits per heavy atom. The van der Waals surface area contributed by atoms with E-state index < -0.39 is 11.6 Å². The molecule has 1 N–H and O–H groups in total. The molecule has 0 unspecified atom stereocenters. The van der Waals surface area contributed by atoms with Crippen LogP contribution in [0.3, 0.4) is 0 Å². The predicted molar refractivity (Wildman–Crippen MR) is 103 cm³/mol. The van der Waals surface area contributed by atoms with Crippen LogP contribution in [0.25, 0.3) is 5.69 Å². The molecule has 0 amide bonds. The van der Waals surface area contributed by atoms with Gasteiger partial charge in [0.15, 0.2) is 0 Å². The minimum absolute atomic E-state index is 0.171. The lowest BCUT2D eigenvalue weighted by Crippen LogP contribution is -2.25. The van der Waals surface area contributed by atoms with Gasteiger partial charge < -0.3 is 5.32 Å². The summed E-state index contributed by atoms with van der Waals surface area (Å²) in [5.74, 6) is -1.19. The third kappa shape index (κ3) is 3.58. The van der Waals surface area contributed by atoms with Crippen LogP contribution in [0.1, 0.15) is 54.7 Å².